The highest BCUT2D eigenvalue weighted by atomic mass is 16.6. The Morgan fingerprint density at radius 1 is 1.00 bits per heavy atom. The summed E-state index contributed by atoms with van der Waals surface area (Å²) in [6, 6.07) is 0. The van der Waals surface area contributed by atoms with E-state index in [0.29, 0.717) is 19.7 Å². The van der Waals surface area contributed by atoms with Crippen LogP contribution in [0.1, 0.15) is 72.1 Å². The third-order valence-electron chi connectivity index (χ3n) is 5.53. The van der Waals surface area contributed by atoms with Crippen LogP contribution in [-0.2, 0) is 14.3 Å². The molecule has 0 spiro atoms. The lowest BCUT2D eigenvalue weighted by Crippen LogP contribution is -2.73. The van der Waals surface area contributed by atoms with Crippen LogP contribution in [0.25, 0.3) is 0 Å². The van der Waals surface area contributed by atoms with Gasteiger partial charge >= 0.3 is 6.09 Å². The maximum atomic E-state index is 11.9. The lowest BCUT2D eigenvalue weighted by atomic mass is 9.86. The summed E-state index contributed by atoms with van der Waals surface area (Å²) >= 11 is 0. The van der Waals surface area contributed by atoms with Gasteiger partial charge in [-0.3, -0.25) is 9.59 Å². The highest BCUT2D eigenvalue weighted by Crippen LogP contribution is 2.22. The fourth-order valence-electron chi connectivity index (χ4n) is 3.18. The SMILES string of the molecule is CNC1(C(C)=O)CN(C(=O)OCCCCCCCCCC(C)C(C)=O)C1. The van der Waals surface area contributed by atoms with Crippen molar-refractivity contribution in [3.8, 4) is 0 Å². The quantitative estimate of drug-likeness (QED) is 0.505. The molecule has 26 heavy (non-hydrogen) atoms. The molecule has 150 valence electrons. The molecule has 0 radical (unpaired) electrons. The standard InChI is InChI=1S/C20H36N2O4/c1-16(17(2)23)12-10-8-6-5-7-9-11-13-26-19(25)22-14-20(15-22,21-4)18(3)24/h16,21H,5-15H2,1-4H3. The number of carbonyl (C=O) groups is 3. The summed E-state index contributed by atoms with van der Waals surface area (Å²) in [5, 5.41) is 3.00. The third-order valence-corrected chi connectivity index (χ3v) is 5.53. The normalized spacial score (nSPS) is 16.7. The van der Waals surface area contributed by atoms with Gasteiger partial charge in [-0.2, -0.15) is 0 Å². The number of carbonyl (C=O) groups excluding carboxylic acids is 3. The number of hydrogen-bond acceptors (Lipinski definition) is 5. The molecule has 1 fully saturated rings. The van der Waals surface area contributed by atoms with Crippen LogP contribution in [0.5, 0.6) is 0 Å². The minimum Gasteiger partial charge on any atom is -0.449 e. The van der Waals surface area contributed by atoms with Gasteiger partial charge in [0.05, 0.1) is 19.7 Å². The number of ether oxygens (including phenoxy) is 1. The summed E-state index contributed by atoms with van der Waals surface area (Å²) < 4.78 is 5.27. The van der Waals surface area contributed by atoms with E-state index in [4.69, 9.17) is 4.74 Å². The zero-order valence-corrected chi connectivity index (χ0v) is 16.9. The zero-order chi connectivity index (χ0) is 19.6. The van der Waals surface area contributed by atoms with Crippen molar-refractivity contribution in [1.29, 1.82) is 0 Å². The molecule has 0 bridgehead atoms. The molecule has 1 saturated heterocycles. The first-order valence-corrected chi connectivity index (χ1v) is 9.94. The van der Waals surface area contributed by atoms with Gasteiger partial charge < -0.3 is 15.0 Å². The molecule has 0 saturated carbocycles. The Hall–Kier alpha value is -1.43. The number of likely N-dealkylation sites (tertiary alicyclic amines) is 1. The predicted molar refractivity (Wildman–Crippen MR) is 102 cm³/mol. The van der Waals surface area contributed by atoms with Crippen LogP contribution < -0.4 is 5.32 Å². The smallest absolute Gasteiger partial charge is 0.409 e. The number of unbranched alkanes of at least 4 members (excludes halogenated alkanes) is 6. The summed E-state index contributed by atoms with van der Waals surface area (Å²) in [4.78, 5) is 36.2. The van der Waals surface area contributed by atoms with Gasteiger partial charge in [-0.25, -0.2) is 4.79 Å². The molecule has 1 amide bonds. The van der Waals surface area contributed by atoms with E-state index in [-0.39, 0.29) is 23.6 Å². The van der Waals surface area contributed by atoms with Crippen molar-refractivity contribution in [3.63, 3.8) is 0 Å². The minimum absolute atomic E-state index is 0.0554. The number of nitrogens with one attached hydrogen (secondary N) is 1. The summed E-state index contributed by atoms with van der Waals surface area (Å²) in [6.07, 6.45) is 8.48. The number of nitrogens with zero attached hydrogens (tertiary/aromatic N) is 1. The van der Waals surface area contributed by atoms with Crippen LogP contribution in [0.3, 0.4) is 0 Å². The largest absolute Gasteiger partial charge is 0.449 e. The van der Waals surface area contributed by atoms with Gasteiger partial charge in [-0.15, -0.1) is 0 Å². The van der Waals surface area contributed by atoms with Gasteiger partial charge in [0, 0.05) is 5.92 Å². The number of rotatable bonds is 13. The van der Waals surface area contributed by atoms with Crippen molar-refractivity contribution in [2.24, 2.45) is 5.92 Å². The molecule has 0 aromatic carbocycles. The van der Waals surface area contributed by atoms with E-state index in [0.717, 1.165) is 32.1 Å². The molecule has 0 aliphatic carbocycles. The number of ketones is 2. The van der Waals surface area contributed by atoms with Crippen LogP contribution >= 0.6 is 0 Å². The molecule has 1 rings (SSSR count). The van der Waals surface area contributed by atoms with E-state index in [2.05, 4.69) is 5.32 Å². The molecule has 0 aromatic heterocycles. The molecule has 0 aromatic rings. The van der Waals surface area contributed by atoms with Gasteiger partial charge in [0.1, 0.15) is 11.3 Å². The second-order valence-electron chi connectivity index (χ2n) is 7.63. The molecule has 1 unspecified atom stereocenters. The highest BCUT2D eigenvalue weighted by Gasteiger charge is 2.48. The van der Waals surface area contributed by atoms with E-state index in [1.807, 2.05) is 6.92 Å². The molecule has 6 nitrogen and oxygen atoms in total. The van der Waals surface area contributed by atoms with Crippen LogP contribution in [0, 0.1) is 5.92 Å². The lowest BCUT2D eigenvalue weighted by molar-refractivity contribution is -0.129. The van der Waals surface area contributed by atoms with E-state index in [9.17, 15) is 14.4 Å². The molecular formula is C20H36N2O4. The van der Waals surface area contributed by atoms with Crippen molar-refractivity contribution in [2.45, 2.75) is 77.7 Å². The van der Waals surface area contributed by atoms with Crippen LogP contribution in [0.2, 0.25) is 0 Å². The molecule has 1 N–H and O–H groups in total. The second kappa shape index (κ2) is 11.3. The van der Waals surface area contributed by atoms with E-state index in [1.165, 1.54) is 19.3 Å². The Morgan fingerprint density at radius 2 is 1.54 bits per heavy atom. The van der Waals surface area contributed by atoms with Crippen molar-refractivity contribution in [1.82, 2.24) is 10.2 Å². The fraction of sp³-hybridized carbons (Fsp3) is 0.850. The van der Waals surface area contributed by atoms with Crippen molar-refractivity contribution in [3.05, 3.63) is 0 Å². The molecule has 1 aliphatic rings. The summed E-state index contributed by atoms with van der Waals surface area (Å²) in [5.41, 5.74) is -0.582. The van der Waals surface area contributed by atoms with Gasteiger partial charge in [0.25, 0.3) is 0 Å². The Labute approximate surface area is 158 Å². The maximum Gasteiger partial charge on any atom is 0.409 e. The molecule has 1 atom stereocenters. The second-order valence-corrected chi connectivity index (χ2v) is 7.63. The number of hydrogen-bond donors (Lipinski definition) is 1. The minimum atomic E-state index is -0.582. The van der Waals surface area contributed by atoms with Gasteiger partial charge in [0.2, 0.25) is 0 Å². The Morgan fingerprint density at radius 3 is 2.04 bits per heavy atom. The summed E-state index contributed by atoms with van der Waals surface area (Å²) in [6.45, 7) is 6.43. The number of Topliss-reactive ketones (excluding diaryl/α,β-unsaturated/α-hetero) is 2. The van der Waals surface area contributed by atoms with Gasteiger partial charge in [-0.1, -0.05) is 45.4 Å². The monoisotopic (exact) mass is 368 g/mol. The number of amides is 1. The molecule has 6 heteroatoms. The average Bonchev–Trinajstić information content (AvgIpc) is 2.55. The van der Waals surface area contributed by atoms with Crippen LogP contribution in [-0.4, -0.2) is 54.8 Å². The predicted octanol–water partition coefficient (Wildman–Crippen LogP) is 3.33. The summed E-state index contributed by atoms with van der Waals surface area (Å²) in [7, 11) is 1.74. The van der Waals surface area contributed by atoms with Crippen molar-refractivity contribution >= 4 is 17.7 Å². The van der Waals surface area contributed by atoms with Crippen LogP contribution in [0.15, 0.2) is 0 Å². The van der Waals surface area contributed by atoms with Crippen molar-refractivity contribution in [2.75, 3.05) is 26.7 Å². The molecule has 1 heterocycles. The van der Waals surface area contributed by atoms with Gasteiger partial charge in [0.15, 0.2) is 5.78 Å². The lowest BCUT2D eigenvalue weighted by Gasteiger charge is -2.47. The first-order chi connectivity index (χ1) is 12.3. The van der Waals surface area contributed by atoms with Crippen molar-refractivity contribution < 1.29 is 19.1 Å². The Kier molecular flexibility index (Phi) is 9.84. The van der Waals surface area contributed by atoms with Crippen LogP contribution in [0.4, 0.5) is 4.79 Å². The van der Waals surface area contributed by atoms with E-state index >= 15 is 0 Å². The maximum absolute atomic E-state index is 11.9. The topological polar surface area (TPSA) is 75.7 Å². The zero-order valence-electron chi connectivity index (χ0n) is 16.9. The average molecular weight is 369 g/mol. The first-order valence-electron chi connectivity index (χ1n) is 9.94. The van der Waals surface area contributed by atoms with E-state index in [1.54, 1.807) is 25.8 Å². The first kappa shape index (κ1) is 22.6. The Bertz CT molecular complexity index is 472. The molecule has 1 aliphatic heterocycles. The van der Waals surface area contributed by atoms with E-state index < -0.39 is 5.54 Å². The third kappa shape index (κ3) is 7.06. The summed E-state index contributed by atoms with van der Waals surface area (Å²) in [5.74, 6) is 0.542. The highest BCUT2D eigenvalue weighted by molar-refractivity contribution is 5.90. The fourth-order valence-corrected chi connectivity index (χ4v) is 3.18. The van der Waals surface area contributed by atoms with Gasteiger partial charge in [-0.05, 0) is 33.7 Å². The number of likely N-dealkylation sites (N-methyl/N-ethyl adjacent to an activating group) is 1. The Balaban J connectivity index is 1.94. The molecular weight excluding hydrogens is 332 g/mol.